The fraction of sp³-hybridized carbons (Fsp3) is 0.429. The number of methoxy groups -OCH3 is 1. The highest BCUT2D eigenvalue weighted by Crippen LogP contribution is 2.18. The van der Waals surface area contributed by atoms with Gasteiger partial charge in [0.1, 0.15) is 11.8 Å². The average molecular weight is 506 g/mol. The van der Waals surface area contributed by atoms with Crippen LogP contribution < -0.4 is 15.4 Å². The van der Waals surface area contributed by atoms with Crippen molar-refractivity contribution in [2.24, 2.45) is 4.99 Å². The van der Waals surface area contributed by atoms with E-state index in [1.54, 1.807) is 36.3 Å². The second-order valence-corrected chi connectivity index (χ2v) is 9.52. The molecule has 0 aliphatic carbocycles. The van der Waals surface area contributed by atoms with Crippen molar-refractivity contribution >= 4 is 29.4 Å². The van der Waals surface area contributed by atoms with E-state index in [0.29, 0.717) is 24.3 Å². The Bertz CT molecular complexity index is 1160. The lowest BCUT2D eigenvalue weighted by molar-refractivity contribution is -0.140. The molecule has 0 radical (unpaired) electrons. The smallest absolute Gasteiger partial charge is 0.258 e. The van der Waals surface area contributed by atoms with Crippen molar-refractivity contribution in [1.82, 2.24) is 15.1 Å². The molecule has 0 aromatic heterocycles. The van der Waals surface area contributed by atoms with Gasteiger partial charge in [0.15, 0.2) is 0 Å². The van der Waals surface area contributed by atoms with E-state index in [1.807, 2.05) is 36.1 Å². The number of amides is 3. The van der Waals surface area contributed by atoms with Gasteiger partial charge in [-0.05, 0) is 74.9 Å². The number of rotatable bonds is 6. The summed E-state index contributed by atoms with van der Waals surface area (Å²) in [5, 5.41) is 6.02. The number of aliphatic imine (C=N–C) groups is 1. The van der Waals surface area contributed by atoms with Crippen LogP contribution in [0, 0.1) is 6.92 Å². The van der Waals surface area contributed by atoms with Gasteiger partial charge in [-0.15, -0.1) is 0 Å². The van der Waals surface area contributed by atoms with Gasteiger partial charge in [0.05, 0.1) is 13.7 Å². The predicted octanol–water partition coefficient (Wildman–Crippen LogP) is 3.21. The first kappa shape index (κ1) is 26.2. The van der Waals surface area contributed by atoms with Gasteiger partial charge in [-0.1, -0.05) is 18.2 Å². The van der Waals surface area contributed by atoms with Crippen LogP contribution in [0.4, 0.5) is 5.69 Å². The molecule has 2 aromatic carbocycles. The number of guanidine groups is 1. The second-order valence-electron chi connectivity index (χ2n) is 9.52. The van der Waals surface area contributed by atoms with Crippen LogP contribution in [0.25, 0.3) is 0 Å². The molecule has 3 amide bonds. The minimum Gasteiger partial charge on any atom is -0.497 e. The maximum atomic E-state index is 13.5. The van der Waals surface area contributed by atoms with E-state index < -0.39 is 6.04 Å². The molecule has 2 N–H and O–H groups in total. The molecule has 2 aromatic rings. The summed E-state index contributed by atoms with van der Waals surface area (Å²) in [6.07, 6.45) is 4.17. The maximum Gasteiger partial charge on any atom is 0.258 e. The molecular formula is C28H35N5O4. The van der Waals surface area contributed by atoms with Crippen molar-refractivity contribution in [2.45, 2.75) is 45.1 Å². The molecule has 0 unspecified atom stereocenters. The summed E-state index contributed by atoms with van der Waals surface area (Å²) in [4.78, 5) is 47.4. The number of anilines is 1. The monoisotopic (exact) mass is 505 g/mol. The van der Waals surface area contributed by atoms with Crippen molar-refractivity contribution in [1.29, 1.82) is 0 Å². The Morgan fingerprint density at radius 1 is 1.03 bits per heavy atom. The third-order valence-corrected chi connectivity index (χ3v) is 6.67. The minimum atomic E-state index is -0.702. The Morgan fingerprint density at radius 2 is 1.78 bits per heavy atom. The van der Waals surface area contributed by atoms with E-state index in [-0.39, 0.29) is 30.2 Å². The van der Waals surface area contributed by atoms with E-state index in [4.69, 9.17) is 9.73 Å². The Kier molecular flexibility index (Phi) is 8.77. The lowest BCUT2D eigenvalue weighted by Crippen LogP contribution is -2.45. The first-order valence-electron chi connectivity index (χ1n) is 12.9. The summed E-state index contributed by atoms with van der Waals surface area (Å²) in [5.74, 6) is 0.170. The number of hydrogen-bond donors (Lipinski definition) is 2. The Balaban J connectivity index is 1.56. The highest BCUT2D eigenvalue weighted by atomic mass is 16.5. The third-order valence-electron chi connectivity index (χ3n) is 6.67. The van der Waals surface area contributed by atoms with Crippen molar-refractivity contribution in [2.75, 3.05) is 38.6 Å². The molecule has 1 atom stereocenters. The number of carbonyl (C=O) groups is 3. The first-order valence-corrected chi connectivity index (χ1v) is 12.9. The van der Waals surface area contributed by atoms with Gasteiger partial charge in [-0.3, -0.25) is 19.7 Å². The van der Waals surface area contributed by atoms with Crippen molar-refractivity contribution in [3.05, 3.63) is 59.7 Å². The minimum absolute atomic E-state index is 0.0140. The van der Waals surface area contributed by atoms with E-state index in [1.165, 1.54) is 0 Å². The molecule has 0 spiro atoms. The quantitative estimate of drug-likeness (QED) is 0.464. The summed E-state index contributed by atoms with van der Waals surface area (Å²) in [6, 6.07) is 13.8. The molecule has 0 saturated carbocycles. The number of likely N-dealkylation sites (tertiary alicyclic amines) is 2. The zero-order chi connectivity index (χ0) is 26.2. The van der Waals surface area contributed by atoms with Gasteiger partial charge in [-0.2, -0.15) is 0 Å². The lowest BCUT2D eigenvalue weighted by Gasteiger charge is -2.25. The van der Waals surface area contributed by atoms with Crippen molar-refractivity contribution < 1.29 is 19.1 Å². The summed E-state index contributed by atoms with van der Waals surface area (Å²) in [7, 11) is 1.54. The first-order chi connectivity index (χ1) is 17.9. The molecule has 2 aliphatic heterocycles. The number of carbonyl (C=O) groups excluding carboxylic acids is 3. The van der Waals surface area contributed by atoms with Crippen LogP contribution in [0.3, 0.4) is 0 Å². The summed E-state index contributed by atoms with van der Waals surface area (Å²) in [6.45, 7) is 4.08. The summed E-state index contributed by atoms with van der Waals surface area (Å²) in [5.41, 5.74) is 2.19. The van der Waals surface area contributed by atoms with Gasteiger partial charge in [-0.25, -0.2) is 4.99 Å². The van der Waals surface area contributed by atoms with Gasteiger partial charge in [0, 0.05) is 30.9 Å². The molecule has 9 nitrogen and oxygen atoms in total. The molecule has 9 heteroatoms. The van der Waals surface area contributed by atoms with Crippen LogP contribution in [-0.2, 0) is 9.59 Å². The third kappa shape index (κ3) is 7.09. The summed E-state index contributed by atoms with van der Waals surface area (Å²) >= 11 is 0. The van der Waals surface area contributed by atoms with Crippen LogP contribution in [0.1, 0.15) is 48.0 Å². The Morgan fingerprint density at radius 3 is 2.54 bits per heavy atom. The van der Waals surface area contributed by atoms with Gasteiger partial charge in [0.2, 0.25) is 17.8 Å². The van der Waals surface area contributed by atoms with Crippen molar-refractivity contribution in [3.63, 3.8) is 0 Å². The normalized spacial score (nSPS) is 18.4. The second kappa shape index (κ2) is 12.4. The van der Waals surface area contributed by atoms with Crippen LogP contribution in [0.5, 0.6) is 5.75 Å². The molecule has 2 aliphatic rings. The maximum absolute atomic E-state index is 13.5. The van der Waals surface area contributed by atoms with E-state index >= 15 is 0 Å². The van der Waals surface area contributed by atoms with E-state index in [9.17, 15) is 14.4 Å². The Labute approximate surface area is 217 Å². The van der Waals surface area contributed by atoms with Crippen molar-refractivity contribution in [3.8, 4) is 5.75 Å². The predicted molar refractivity (Wildman–Crippen MR) is 143 cm³/mol. The van der Waals surface area contributed by atoms with Crippen LogP contribution in [-0.4, -0.2) is 72.8 Å². The van der Waals surface area contributed by atoms with Crippen LogP contribution in [0.2, 0.25) is 0 Å². The molecule has 4 rings (SSSR count). The van der Waals surface area contributed by atoms with E-state index in [0.717, 1.165) is 50.0 Å². The topological polar surface area (TPSA) is 103 Å². The fourth-order valence-electron chi connectivity index (χ4n) is 4.65. The molecule has 37 heavy (non-hydrogen) atoms. The standard InChI is InChI=1S/C28H35N5O4/c1-20-9-7-11-22(17-20)29-28(31-26(35)21-10-8-12-23(18-21)37-2)30-24-13-3-4-16-33(27(24)36)19-25(34)32-14-5-6-15-32/h7-12,17-18,24H,3-6,13-16,19H2,1-2H3,(H2,29,30,31,35)/t24-/m0/s1. The zero-order valence-corrected chi connectivity index (χ0v) is 21.5. The SMILES string of the molecule is COc1cccc(C(=O)NC(=N[C@H]2CCCCN(CC(=O)N3CCCC3)C2=O)Nc2cccc(C)c2)c1. The van der Waals surface area contributed by atoms with Gasteiger partial charge >= 0.3 is 0 Å². The molecule has 0 bridgehead atoms. The highest BCUT2D eigenvalue weighted by Gasteiger charge is 2.30. The zero-order valence-electron chi connectivity index (χ0n) is 21.5. The lowest BCUT2D eigenvalue weighted by atomic mass is 10.1. The van der Waals surface area contributed by atoms with Gasteiger partial charge < -0.3 is 19.9 Å². The average Bonchev–Trinajstić information content (AvgIpc) is 3.39. The fourth-order valence-corrected chi connectivity index (χ4v) is 4.65. The largest absolute Gasteiger partial charge is 0.497 e. The number of nitrogens with zero attached hydrogens (tertiary/aromatic N) is 3. The molecule has 2 saturated heterocycles. The molecule has 2 fully saturated rings. The van der Waals surface area contributed by atoms with Crippen LogP contribution >= 0.6 is 0 Å². The highest BCUT2D eigenvalue weighted by molar-refractivity contribution is 6.10. The molecule has 196 valence electrons. The number of benzene rings is 2. The number of nitrogens with one attached hydrogen (secondary N) is 2. The number of aryl methyl sites for hydroxylation is 1. The van der Waals surface area contributed by atoms with Gasteiger partial charge in [0.25, 0.3) is 5.91 Å². The molecular weight excluding hydrogens is 470 g/mol. The number of hydrogen-bond acceptors (Lipinski definition) is 5. The van der Waals surface area contributed by atoms with Crippen LogP contribution in [0.15, 0.2) is 53.5 Å². The number of ether oxygens (including phenoxy) is 1. The van der Waals surface area contributed by atoms with E-state index in [2.05, 4.69) is 10.6 Å². The molecule has 2 heterocycles. The summed E-state index contributed by atoms with van der Waals surface area (Å²) < 4.78 is 5.24. The Hall–Kier alpha value is -3.88.